The average Bonchev–Trinajstić information content (AvgIpc) is 3.29. The summed E-state index contributed by atoms with van der Waals surface area (Å²) in [4.78, 5) is 24.6. The lowest BCUT2D eigenvalue weighted by Gasteiger charge is -2.31. The molecule has 2 aliphatic rings. The highest BCUT2D eigenvalue weighted by atomic mass is 32.2. The third kappa shape index (κ3) is 2.84. The van der Waals surface area contributed by atoms with Crippen molar-refractivity contribution < 1.29 is 18.0 Å². The van der Waals surface area contributed by atoms with E-state index in [1.165, 1.54) is 6.07 Å². The van der Waals surface area contributed by atoms with Crippen LogP contribution in [-0.4, -0.2) is 20.2 Å². The lowest BCUT2D eigenvalue weighted by Crippen LogP contribution is -2.43. The number of allylic oxidation sites excluding steroid dienone is 1. The molecule has 0 saturated heterocycles. The van der Waals surface area contributed by atoms with Gasteiger partial charge in [-0.1, -0.05) is 39.0 Å². The summed E-state index contributed by atoms with van der Waals surface area (Å²) in [7, 11) is -4.11. The van der Waals surface area contributed by atoms with Crippen LogP contribution in [0.25, 0.3) is 0 Å². The Morgan fingerprint density at radius 3 is 2.62 bits per heavy atom. The quantitative estimate of drug-likeness (QED) is 0.790. The fourth-order valence-electron chi connectivity index (χ4n) is 3.91. The number of carbonyl (C=O) groups excluding carboxylic acids is 2. The summed E-state index contributed by atoms with van der Waals surface area (Å²) in [6.07, 6.45) is 3.08. The van der Waals surface area contributed by atoms with Crippen molar-refractivity contribution >= 4 is 27.5 Å². The van der Waals surface area contributed by atoms with Crippen molar-refractivity contribution in [1.82, 2.24) is 4.72 Å². The molecule has 1 heterocycles. The van der Waals surface area contributed by atoms with Gasteiger partial charge < -0.3 is 5.32 Å². The van der Waals surface area contributed by atoms with E-state index in [9.17, 15) is 18.0 Å². The molecule has 3 rings (SSSR count). The van der Waals surface area contributed by atoms with Crippen molar-refractivity contribution in [3.05, 3.63) is 36.4 Å². The molecule has 7 heteroatoms. The molecule has 1 saturated carbocycles. The minimum absolute atomic E-state index is 0.0536. The van der Waals surface area contributed by atoms with Gasteiger partial charge in [0.2, 0.25) is 11.8 Å². The Balaban J connectivity index is 1.95. The van der Waals surface area contributed by atoms with Crippen LogP contribution in [0.3, 0.4) is 0 Å². The molecule has 0 spiro atoms. The number of para-hydroxylation sites is 1. The summed E-state index contributed by atoms with van der Waals surface area (Å²) in [5.41, 5.74) is -0.179. The number of carbonyl (C=O) groups is 2. The molecule has 0 bridgehead atoms. The Kier molecular flexibility index (Phi) is 4.26. The van der Waals surface area contributed by atoms with Crippen LogP contribution in [0.4, 0.5) is 5.69 Å². The number of benzene rings is 1. The van der Waals surface area contributed by atoms with Crippen LogP contribution in [0, 0.1) is 16.7 Å². The topological polar surface area (TPSA) is 92.3 Å². The normalized spacial score (nSPS) is 25.0. The highest BCUT2D eigenvalue weighted by molar-refractivity contribution is 7.90. The standard InChI is InChI=1S/C19H24N2O4S/c1-5-13-11-19(13,18(2,3)4)17(23)21-26(24,25)14-8-6-7-12-9-10-15(22)20-16(12)14/h5-8,13H,1,9-11H2,2-4H3,(H,20,22)(H,21,23)/t13-,19-/m1/s1. The Bertz CT molecular complexity index is 899. The minimum Gasteiger partial charge on any atom is -0.325 e. The fourth-order valence-corrected chi connectivity index (χ4v) is 5.15. The van der Waals surface area contributed by atoms with Gasteiger partial charge in [0.15, 0.2) is 0 Å². The molecule has 2 amide bonds. The van der Waals surface area contributed by atoms with Gasteiger partial charge in [-0.2, -0.15) is 0 Å². The SMILES string of the molecule is C=C[C@@H]1C[C@@]1(C(=O)NS(=O)(=O)c1cccc2c1NC(=O)CC2)C(C)(C)C. The monoisotopic (exact) mass is 376 g/mol. The summed E-state index contributed by atoms with van der Waals surface area (Å²) in [5, 5.41) is 2.63. The summed E-state index contributed by atoms with van der Waals surface area (Å²) >= 11 is 0. The van der Waals surface area contributed by atoms with E-state index >= 15 is 0 Å². The van der Waals surface area contributed by atoms with Crippen molar-refractivity contribution in [2.75, 3.05) is 5.32 Å². The summed E-state index contributed by atoms with van der Waals surface area (Å²) in [5.74, 6) is -0.803. The van der Waals surface area contributed by atoms with E-state index in [4.69, 9.17) is 0 Å². The summed E-state index contributed by atoms with van der Waals surface area (Å²) in [6, 6.07) is 4.81. The third-order valence-electron chi connectivity index (χ3n) is 5.56. The second kappa shape index (κ2) is 5.94. The first-order chi connectivity index (χ1) is 12.0. The molecule has 26 heavy (non-hydrogen) atoms. The zero-order chi connectivity index (χ0) is 19.3. The lowest BCUT2D eigenvalue weighted by molar-refractivity contribution is -0.128. The van der Waals surface area contributed by atoms with Crippen molar-refractivity contribution in [3.63, 3.8) is 0 Å². The van der Waals surface area contributed by atoms with Gasteiger partial charge in [0.25, 0.3) is 10.0 Å². The maximum absolute atomic E-state index is 12.9. The molecule has 2 N–H and O–H groups in total. The van der Waals surface area contributed by atoms with Crippen LogP contribution in [0.1, 0.15) is 39.2 Å². The van der Waals surface area contributed by atoms with Gasteiger partial charge in [-0.3, -0.25) is 9.59 Å². The van der Waals surface area contributed by atoms with Gasteiger partial charge in [-0.25, -0.2) is 13.1 Å². The molecular weight excluding hydrogens is 352 g/mol. The van der Waals surface area contributed by atoms with E-state index < -0.39 is 26.8 Å². The smallest absolute Gasteiger partial charge is 0.266 e. The minimum atomic E-state index is -4.11. The zero-order valence-electron chi connectivity index (χ0n) is 15.3. The molecule has 140 valence electrons. The van der Waals surface area contributed by atoms with Crippen LogP contribution in [0.2, 0.25) is 0 Å². The molecule has 1 aliphatic carbocycles. The predicted molar refractivity (Wildman–Crippen MR) is 98.9 cm³/mol. The Morgan fingerprint density at radius 2 is 2.04 bits per heavy atom. The first kappa shape index (κ1) is 18.6. The molecule has 1 fully saturated rings. The number of aryl methyl sites for hydroxylation is 1. The third-order valence-corrected chi connectivity index (χ3v) is 6.93. The van der Waals surface area contributed by atoms with Crippen LogP contribution >= 0.6 is 0 Å². The number of amides is 2. The van der Waals surface area contributed by atoms with Crippen molar-refractivity contribution in [2.45, 2.75) is 44.9 Å². The van der Waals surface area contributed by atoms with Crippen LogP contribution in [0.15, 0.2) is 35.7 Å². The molecule has 6 nitrogen and oxygen atoms in total. The average molecular weight is 376 g/mol. The number of anilines is 1. The number of fused-ring (bicyclic) bond motifs is 1. The number of nitrogens with one attached hydrogen (secondary N) is 2. The Labute approximate surface area is 154 Å². The molecule has 1 aliphatic heterocycles. The van der Waals surface area contributed by atoms with E-state index in [0.29, 0.717) is 19.3 Å². The van der Waals surface area contributed by atoms with Gasteiger partial charge in [-0.05, 0) is 35.8 Å². The molecule has 1 aromatic rings. The second-order valence-corrected chi connectivity index (χ2v) is 9.69. The van der Waals surface area contributed by atoms with E-state index in [1.54, 1.807) is 18.2 Å². The first-order valence-corrected chi connectivity index (χ1v) is 10.1. The lowest BCUT2D eigenvalue weighted by atomic mass is 9.75. The van der Waals surface area contributed by atoms with Gasteiger partial charge in [0.05, 0.1) is 11.1 Å². The predicted octanol–water partition coefficient (Wildman–Crippen LogP) is 2.61. The molecule has 2 atom stereocenters. The fraction of sp³-hybridized carbons (Fsp3) is 0.474. The van der Waals surface area contributed by atoms with E-state index in [2.05, 4.69) is 16.6 Å². The molecule has 0 aromatic heterocycles. The zero-order valence-corrected chi connectivity index (χ0v) is 16.1. The second-order valence-electron chi connectivity index (χ2n) is 8.04. The van der Waals surface area contributed by atoms with Crippen LogP contribution in [-0.2, 0) is 26.0 Å². The number of rotatable bonds is 4. The van der Waals surface area contributed by atoms with Gasteiger partial charge in [0, 0.05) is 6.42 Å². The Morgan fingerprint density at radius 1 is 1.35 bits per heavy atom. The summed E-state index contributed by atoms with van der Waals surface area (Å²) < 4.78 is 28.1. The van der Waals surface area contributed by atoms with E-state index in [0.717, 1.165) is 5.56 Å². The Hall–Kier alpha value is -2.15. The van der Waals surface area contributed by atoms with Crippen molar-refractivity contribution in [1.29, 1.82) is 0 Å². The van der Waals surface area contributed by atoms with Gasteiger partial charge in [-0.15, -0.1) is 6.58 Å². The van der Waals surface area contributed by atoms with Crippen LogP contribution < -0.4 is 10.0 Å². The number of sulfonamides is 1. The number of hydrogen-bond acceptors (Lipinski definition) is 4. The van der Waals surface area contributed by atoms with E-state index in [1.807, 2.05) is 20.8 Å². The summed E-state index contributed by atoms with van der Waals surface area (Å²) in [6.45, 7) is 9.53. The molecular formula is C19H24N2O4S. The highest BCUT2D eigenvalue weighted by Crippen LogP contribution is 2.64. The molecule has 1 aromatic carbocycles. The van der Waals surface area contributed by atoms with Crippen molar-refractivity contribution in [2.24, 2.45) is 16.7 Å². The van der Waals surface area contributed by atoms with Gasteiger partial charge >= 0.3 is 0 Å². The van der Waals surface area contributed by atoms with Gasteiger partial charge in [0.1, 0.15) is 4.90 Å². The van der Waals surface area contributed by atoms with Crippen LogP contribution in [0.5, 0.6) is 0 Å². The first-order valence-electron chi connectivity index (χ1n) is 8.64. The molecule has 0 unspecified atom stereocenters. The maximum Gasteiger partial charge on any atom is 0.266 e. The molecule has 0 radical (unpaired) electrons. The maximum atomic E-state index is 12.9. The highest BCUT2D eigenvalue weighted by Gasteiger charge is 2.65. The largest absolute Gasteiger partial charge is 0.325 e. The number of hydrogen-bond donors (Lipinski definition) is 2. The van der Waals surface area contributed by atoms with E-state index in [-0.39, 0.29) is 22.4 Å². The van der Waals surface area contributed by atoms with Crippen molar-refractivity contribution in [3.8, 4) is 0 Å².